The van der Waals surface area contributed by atoms with Crippen molar-refractivity contribution in [1.82, 2.24) is 10.2 Å². The number of nitrogens with one attached hydrogen (secondary N) is 1. The van der Waals surface area contributed by atoms with Gasteiger partial charge in [0.25, 0.3) is 0 Å². The molecule has 1 saturated carbocycles. The van der Waals surface area contributed by atoms with Gasteiger partial charge >= 0.3 is 0 Å². The van der Waals surface area contributed by atoms with Crippen molar-refractivity contribution in [2.24, 2.45) is 5.92 Å². The summed E-state index contributed by atoms with van der Waals surface area (Å²) < 4.78 is 5.25. The van der Waals surface area contributed by atoms with E-state index in [1.807, 2.05) is 19.2 Å². The highest BCUT2D eigenvalue weighted by Gasteiger charge is 2.58. The number of ether oxygens (including phenoxy) is 1. The van der Waals surface area contributed by atoms with Gasteiger partial charge < -0.3 is 20.3 Å². The van der Waals surface area contributed by atoms with E-state index < -0.39 is 6.10 Å². The molecule has 25 heavy (non-hydrogen) atoms. The maximum atomic E-state index is 11.1. The lowest BCUT2D eigenvalue weighted by molar-refractivity contribution is -0.146. The molecule has 5 unspecified atom stereocenters. The van der Waals surface area contributed by atoms with E-state index in [1.54, 1.807) is 7.11 Å². The first-order valence-corrected chi connectivity index (χ1v) is 9.49. The zero-order chi connectivity index (χ0) is 17.6. The smallest absolute Gasteiger partial charge is 0.118 e. The van der Waals surface area contributed by atoms with Crippen LogP contribution in [0.5, 0.6) is 5.75 Å². The fourth-order valence-corrected chi connectivity index (χ4v) is 5.56. The third-order valence-electron chi connectivity index (χ3n) is 6.91. The quantitative estimate of drug-likeness (QED) is 0.764. The third kappa shape index (κ3) is 2.87. The standard InChI is InChI=1S/C20H30N2O3/c1-21-14-10-20-8-7-18(23)16(11-20)19(24)17(22(20)12-14)9-13-3-5-15(25-2)6-4-13/h3-6,14,16-19,21,23-24H,7-12H2,1-2H3/t14-,16?,17?,18?,19?,20?/m0/s1. The predicted octanol–water partition coefficient (Wildman–Crippen LogP) is 1.17. The van der Waals surface area contributed by atoms with Gasteiger partial charge in [0, 0.05) is 30.1 Å². The number of rotatable bonds is 4. The summed E-state index contributed by atoms with van der Waals surface area (Å²) in [5.41, 5.74) is 1.36. The maximum absolute atomic E-state index is 11.1. The molecule has 2 heterocycles. The SMILES string of the molecule is CN[C@@H]1CN2C(Cc3ccc(OC)cc3)C(O)C3CC2(CCC3O)C1. The van der Waals surface area contributed by atoms with E-state index in [9.17, 15) is 10.2 Å². The number of aliphatic hydroxyl groups excluding tert-OH is 2. The number of fused-ring (bicyclic) bond motifs is 1. The first kappa shape index (κ1) is 17.3. The molecule has 6 atom stereocenters. The van der Waals surface area contributed by atoms with Gasteiger partial charge in [0.2, 0.25) is 0 Å². The van der Waals surface area contributed by atoms with Crippen molar-refractivity contribution in [2.75, 3.05) is 20.7 Å². The fraction of sp³-hybridized carbons (Fsp3) is 0.700. The number of likely N-dealkylation sites (N-methyl/N-ethyl adjacent to an activating group) is 1. The second-order valence-corrected chi connectivity index (χ2v) is 8.15. The Kier molecular flexibility index (Phi) is 4.52. The highest BCUT2D eigenvalue weighted by molar-refractivity contribution is 5.28. The molecular formula is C20H30N2O3. The van der Waals surface area contributed by atoms with Crippen LogP contribution < -0.4 is 10.1 Å². The Morgan fingerprint density at radius 3 is 2.68 bits per heavy atom. The van der Waals surface area contributed by atoms with Gasteiger partial charge in [0.15, 0.2) is 0 Å². The topological polar surface area (TPSA) is 65.0 Å². The van der Waals surface area contributed by atoms with Crippen molar-refractivity contribution in [3.8, 4) is 5.75 Å². The van der Waals surface area contributed by atoms with Gasteiger partial charge in [0.05, 0.1) is 19.3 Å². The Labute approximate surface area is 150 Å². The highest BCUT2D eigenvalue weighted by atomic mass is 16.5. The Bertz CT molecular complexity index is 607. The molecule has 1 aromatic carbocycles. The van der Waals surface area contributed by atoms with Crippen LogP contribution in [0.15, 0.2) is 24.3 Å². The summed E-state index contributed by atoms with van der Waals surface area (Å²) in [6, 6.07) is 8.68. The Hall–Kier alpha value is -1.14. The van der Waals surface area contributed by atoms with E-state index in [4.69, 9.17) is 4.74 Å². The van der Waals surface area contributed by atoms with Gasteiger partial charge in [-0.05, 0) is 56.8 Å². The molecule has 1 aromatic rings. The van der Waals surface area contributed by atoms with E-state index in [0.29, 0.717) is 6.04 Å². The molecule has 3 aliphatic rings. The summed E-state index contributed by atoms with van der Waals surface area (Å²) in [7, 11) is 3.71. The average molecular weight is 346 g/mol. The molecule has 1 aliphatic carbocycles. The van der Waals surface area contributed by atoms with Gasteiger partial charge in [-0.3, -0.25) is 4.90 Å². The van der Waals surface area contributed by atoms with E-state index >= 15 is 0 Å². The summed E-state index contributed by atoms with van der Waals surface area (Å²) in [5, 5.41) is 25.0. The number of methoxy groups -OCH3 is 1. The summed E-state index contributed by atoms with van der Waals surface area (Å²) in [4.78, 5) is 2.56. The van der Waals surface area contributed by atoms with E-state index in [-0.39, 0.29) is 23.6 Å². The molecule has 3 N–H and O–H groups in total. The molecular weight excluding hydrogens is 316 g/mol. The molecule has 138 valence electrons. The van der Waals surface area contributed by atoms with Crippen molar-refractivity contribution in [1.29, 1.82) is 0 Å². The lowest BCUT2D eigenvalue weighted by Gasteiger charge is -2.57. The second-order valence-electron chi connectivity index (χ2n) is 8.15. The van der Waals surface area contributed by atoms with Crippen LogP contribution in [0.2, 0.25) is 0 Å². The van der Waals surface area contributed by atoms with Crippen LogP contribution in [0.3, 0.4) is 0 Å². The van der Waals surface area contributed by atoms with Crippen LogP contribution in [0.25, 0.3) is 0 Å². The van der Waals surface area contributed by atoms with Gasteiger partial charge in [-0.15, -0.1) is 0 Å². The minimum Gasteiger partial charge on any atom is -0.497 e. The molecule has 0 amide bonds. The molecule has 1 spiro atoms. The molecule has 5 nitrogen and oxygen atoms in total. The minimum atomic E-state index is -0.471. The van der Waals surface area contributed by atoms with E-state index in [0.717, 1.165) is 44.4 Å². The Morgan fingerprint density at radius 1 is 1.24 bits per heavy atom. The van der Waals surface area contributed by atoms with Gasteiger partial charge in [-0.25, -0.2) is 0 Å². The molecule has 3 fully saturated rings. The third-order valence-corrected chi connectivity index (χ3v) is 6.91. The number of hydrogen-bond donors (Lipinski definition) is 3. The first-order valence-electron chi connectivity index (χ1n) is 9.49. The van der Waals surface area contributed by atoms with Crippen LogP contribution >= 0.6 is 0 Å². The molecule has 2 bridgehead atoms. The molecule has 0 radical (unpaired) electrons. The summed E-state index contributed by atoms with van der Waals surface area (Å²) >= 11 is 0. The van der Waals surface area contributed by atoms with Gasteiger partial charge in [-0.1, -0.05) is 12.1 Å². The lowest BCUT2D eigenvalue weighted by atomic mass is 9.65. The van der Waals surface area contributed by atoms with Crippen molar-refractivity contribution in [3.05, 3.63) is 29.8 Å². The fourth-order valence-electron chi connectivity index (χ4n) is 5.56. The molecule has 5 heteroatoms. The zero-order valence-corrected chi connectivity index (χ0v) is 15.2. The lowest BCUT2D eigenvalue weighted by Crippen LogP contribution is -2.66. The van der Waals surface area contributed by atoms with Crippen molar-refractivity contribution in [2.45, 2.75) is 61.9 Å². The van der Waals surface area contributed by atoms with E-state index in [2.05, 4.69) is 22.3 Å². The number of nitrogens with zero attached hydrogens (tertiary/aromatic N) is 1. The van der Waals surface area contributed by atoms with Crippen molar-refractivity contribution < 1.29 is 14.9 Å². The maximum Gasteiger partial charge on any atom is 0.118 e. The van der Waals surface area contributed by atoms with Crippen LogP contribution in [0.1, 0.15) is 31.2 Å². The average Bonchev–Trinajstić information content (AvgIpc) is 3.00. The number of aliphatic hydroxyl groups is 2. The van der Waals surface area contributed by atoms with Crippen LogP contribution in [0.4, 0.5) is 0 Å². The molecule has 2 aliphatic heterocycles. The van der Waals surface area contributed by atoms with E-state index in [1.165, 1.54) is 5.56 Å². The van der Waals surface area contributed by atoms with Gasteiger partial charge in [0.1, 0.15) is 5.75 Å². The summed E-state index contributed by atoms with van der Waals surface area (Å²) in [6.07, 6.45) is 3.87. The molecule has 0 aromatic heterocycles. The zero-order valence-electron chi connectivity index (χ0n) is 15.2. The Morgan fingerprint density at radius 2 is 2.00 bits per heavy atom. The van der Waals surface area contributed by atoms with Crippen LogP contribution in [0, 0.1) is 5.92 Å². The summed E-state index contributed by atoms with van der Waals surface area (Å²) in [6.45, 7) is 0.983. The van der Waals surface area contributed by atoms with Crippen LogP contribution in [-0.4, -0.2) is 65.6 Å². The number of piperidine rings is 1. The summed E-state index contributed by atoms with van der Waals surface area (Å²) in [5.74, 6) is 0.858. The highest BCUT2D eigenvalue weighted by Crippen LogP contribution is 2.51. The number of hydrogen-bond acceptors (Lipinski definition) is 5. The van der Waals surface area contributed by atoms with Gasteiger partial charge in [-0.2, -0.15) is 0 Å². The monoisotopic (exact) mass is 346 g/mol. The first-order chi connectivity index (χ1) is 12.1. The second kappa shape index (κ2) is 6.54. The van der Waals surface area contributed by atoms with Crippen molar-refractivity contribution >= 4 is 0 Å². The number of benzene rings is 1. The predicted molar refractivity (Wildman–Crippen MR) is 96.7 cm³/mol. The normalized spacial score (nSPS) is 40.7. The largest absolute Gasteiger partial charge is 0.497 e. The Balaban J connectivity index is 1.62. The molecule has 4 rings (SSSR count). The van der Waals surface area contributed by atoms with Crippen LogP contribution in [-0.2, 0) is 6.42 Å². The minimum absolute atomic E-state index is 0.00357. The molecule has 2 saturated heterocycles. The van der Waals surface area contributed by atoms with Crippen molar-refractivity contribution in [3.63, 3.8) is 0 Å².